The van der Waals surface area contributed by atoms with Gasteiger partial charge in [0.05, 0.1) is 4.90 Å². The first kappa shape index (κ1) is 25.4. The van der Waals surface area contributed by atoms with Gasteiger partial charge in [-0.05, 0) is 51.3 Å². The highest BCUT2D eigenvalue weighted by atomic mass is 32.2. The van der Waals surface area contributed by atoms with Crippen molar-refractivity contribution in [3.8, 4) is 0 Å². The molecule has 8 heteroatoms. The van der Waals surface area contributed by atoms with Gasteiger partial charge in [0, 0.05) is 42.5 Å². The molecule has 0 aliphatic rings. The summed E-state index contributed by atoms with van der Waals surface area (Å²) in [5, 5.41) is 3.91. The van der Waals surface area contributed by atoms with Gasteiger partial charge in [-0.1, -0.05) is 48.5 Å². The molecule has 0 saturated carbocycles. The van der Waals surface area contributed by atoms with E-state index >= 15 is 0 Å². The Kier molecular flexibility index (Phi) is 8.41. The number of benzene rings is 2. The number of sulfonamides is 1. The fourth-order valence-corrected chi connectivity index (χ4v) is 5.12. The average molecular weight is 482 g/mol. The van der Waals surface area contributed by atoms with Crippen molar-refractivity contribution in [1.29, 1.82) is 0 Å². The van der Waals surface area contributed by atoms with Crippen LogP contribution in [0.4, 0.5) is 4.79 Å². The van der Waals surface area contributed by atoms with Gasteiger partial charge in [0.15, 0.2) is 0 Å². The zero-order valence-corrected chi connectivity index (χ0v) is 20.6. The number of hydrogen-bond donors (Lipinski definition) is 1. The van der Waals surface area contributed by atoms with Gasteiger partial charge in [-0.25, -0.2) is 13.2 Å². The molecule has 1 heterocycles. The third kappa shape index (κ3) is 7.13. The molecule has 0 aliphatic heterocycles. The molecule has 1 amide bonds. The van der Waals surface area contributed by atoms with Crippen LogP contribution < -0.4 is 5.32 Å². The van der Waals surface area contributed by atoms with Gasteiger partial charge in [0.25, 0.3) is 0 Å². The van der Waals surface area contributed by atoms with Crippen LogP contribution in [0.2, 0.25) is 0 Å². The number of ether oxygens (including phenoxy) is 1. The Morgan fingerprint density at radius 1 is 1.09 bits per heavy atom. The van der Waals surface area contributed by atoms with Crippen LogP contribution in [0.25, 0.3) is 10.8 Å². The minimum atomic E-state index is -3.80. The number of fused-ring (bicyclic) bond motifs is 1. The molecule has 3 aromatic rings. The van der Waals surface area contributed by atoms with E-state index in [0.29, 0.717) is 18.4 Å². The van der Waals surface area contributed by atoms with E-state index in [1.54, 1.807) is 57.4 Å². The van der Waals surface area contributed by atoms with Crippen molar-refractivity contribution in [2.75, 3.05) is 13.1 Å². The van der Waals surface area contributed by atoms with Gasteiger partial charge in [-0.2, -0.15) is 4.31 Å². The van der Waals surface area contributed by atoms with Gasteiger partial charge >= 0.3 is 6.09 Å². The fraction of sp³-hybridized carbons (Fsp3) is 0.308. The van der Waals surface area contributed by atoms with Crippen molar-refractivity contribution in [3.63, 3.8) is 0 Å². The number of carbonyl (C=O) groups excluding carboxylic acids is 1. The minimum Gasteiger partial charge on any atom is -0.444 e. The third-order valence-corrected chi connectivity index (χ3v) is 6.92. The molecule has 0 spiro atoms. The van der Waals surface area contributed by atoms with E-state index in [2.05, 4.69) is 10.3 Å². The summed E-state index contributed by atoms with van der Waals surface area (Å²) in [6.45, 7) is 5.76. The first-order chi connectivity index (χ1) is 16.2. The second-order valence-electron chi connectivity index (χ2n) is 8.85. The summed E-state index contributed by atoms with van der Waals surface area (Å²) >= 11 is 0. The Hall–Kier alpha value is -3.23. The molecule has 0 radical (unpaired) electrons. The van der Waals surface area contributed by atoms with Crippen molar-refractivity contribution in [2.45, 2.75) is 44.1 Å². The summed E-state index contributed by atoms with van der Waals surface area (Å²) < 4.78 is 34.0. The maximum absolute atomic E-state index is 13.7. The highest BCUT2D eigenvalue weighted by Gasteiger charge is 2.25. The van der Waals surface area contributed by atoms with Gasteiger partial charge in [0.2, 0.25) is 10.0 Å². The van der Waals surface area contributed by atoms with Crippen LogP contribution in [-0.4, -0.2) is 42.5 Å². The summed E-state index contributed by atoms with van der Waals surface area (Å²) in [5.41, 5.74) is 0.534. The smallest absolute Gasteiger partial charge is 0.411 e. The fourth-order valence-electron chi connectivity index (χ4n) is 3.48. The summed E-state index contributed by atoms with van der Waals surface area (Å²) in [4.78, 5) is 16.2. The summed E-state index contributed by atoms with van der Waals surface area (Å²) in [7, 11) is -3.80. The van der Waals surface area contributed by atoms with Crippen molar-refractivity contribution in [2.24, 2.45) is 0 Å². The molecule has 2 aromatic carbocycles. The number of amides is 1. The number of pyridine rings is 1. The second-order valence-corrected chi connectivity index (χ2v) is 10.8. The van der Waals surface area contributed by atoms with Gasteiger partial charge in [0.1, 0.15) is 5.60 Å². The van der Waals surface area contributed by atoms with Crippen LogP contribution >= 0.6 is 0 Å². The standard InChI is InChI=1S/C26H31N3O4S/c1-26(2,3)33-25(30)28-16-9-19-29(18-8-12-21-10-5-4-6-11-21)34(31,32)24-14-7-13-22-20-27-17-15-23(22)24/h4-7,9-11,13-17,20H,8,12,18-19H2,1-3H3,(H,28,30). The van der Waals surface area contributed by atoms with E-state index in [1.165, 1.54) is 10.5 Å². The van der Waals surface area contributed by atoms with Gasteiger partial charge in [-0.3, -0.25) is 10.3 Å². The number of nitrogens with one attached hydrogen (secondary N) is 1. The van der Waals surface area contributed by atoms with Crippen LogP contribution in [-0.2, 0) is 21.2 Å². The highest BCUT2D eigenvalue weighted by molar-refractivity contribution is 7.89. The Bertz CT molecular complexity index is 1230. The number of aromatic nitrogens is 1. The van der Waals surface area contributed by atoms with Gasteiger partial charge < -0.3 is 4.74 Å². The Morgan fingerprint density at radius 2 is 1.85 bits per heavy atom. The summed E-state index contributed by atoms with van der Waals surface area (Å²) in [6, 6.07) is 16.8. The zero-order valence-electron chi connectivity index (χ0n) is 19.8. The van der Waals surface area contributed by atoms with E-state index < -0.39 is 21.7 Å². The predicted molar refractivity (Wildman–Crippen MR) is 134 cm³/mol. The first-order valence-electron chi connectivity index (χ1n) is 11.2. The maximum atomic E-state index is 13.7. The van der Waals surface area contributed by atoms with Crippen molar-refractivity contribution in [3.05, 3.63) is 84.8 Å². The molecular formula is C26H31N3O4S. The van der Waals surface area contributed by atoms with Crippen LogP contribution in [0.15, 0.2) is 84.2 Å². The minimum absolute atomic E-state index is 0.106. The van der Waals surface area contributed by atoms with E-state index in [4.69, 9.17) is 4.74 Å². The van der Waals surface area contributed by atoms with E-state index in [9.17, 15) is 13.2 Å². The quantitative estimate of drug-likeness (QED) is 0.470. The lowest BCUT2D eigenvalue weighted by Gasteiger charge is -2.22. The van der Waals surface area contributed by atoms with E-state index in [1.807, 2.05) is 36.4 Å². The molecule has 0 unspecified atom stereocenters. The highest BCUT2D eigenvalue weighted by Crippen LogP contribution is 2.25. The van der Waals surface area contributed by atoms with Crippen molar-refractivity contribution >= 4 is 26.9 Å². The monoisotopic (exact) mass is 481 g/mol. The molecule has 3 rings (SSSR count). The largest absolute Gasteiger partial charge is 0.444 e. The molecule has 1 N–H and O–H groups in total. The SMILES string of the molecule is CC(C)(C)OC(=O)NC=CCN(CCCc1ccccc1)S(=O)(=O)c1cccc2cnccc12. The van der Waals surface area contributed by atoms with E-state index in [0.717, 1.165) is 17.4 Å². The summed E-state index contributed by atoms with van der Waals surface area (Å²) in [6.07, 6.45) is 7.08. The molecule has 0 saturated heterocycles. The topological polar surface area (TPSA) is 88.6 Å². The van der Waals surface area contributed by atoms with Crippen molar-refractivity contribution in [1.82, 2.24) is 14.6 Å². The van der Waals surface area contributed by atoms with Crippen LogP contribution in [0.3, 0.4) is 0 Å². The van der Waals surface area contributed by atoms with Crippen LogP contribution in [0.5, 0.6) is 0 Å². The predicted octanol–water partition coefficient (Wildman–Crippen LogP) is 4.90. The molecule has 0 fully saturated rings. The number of carbonyl (C=O) groups is 1. The molecule has 180 valence electrons. The zero-order chi connectivity index (χ0) is 24.6. The lowest BCUT2D eigenvalue weighted by atomic mass is 10.1. The molecule has 7 nitrogen and oxygen atoms in total. The van der Waals surface area contributed by atoms with Crippen LogP contribution in [0, 0.1) is 0 Å². The normalized spacial score (nSPS) is 12.4. The lowest BCUT2D eigenvalue weighted by Crippen LogP contribution is -2.33. The van der Waals surface area contributed by atoms with Crippen molar-refractivity contribution < 1.29 is 17.9 Å². The number of alkyl carbamates (subject to hydrolysis) is 1. The number of rotatable bonds is 9. The van der Waals surface area contributed by atoms with E-state index in [-0.39, 0.29) is 11.4 Å². The Labute approximate surface area is 201 Å². The molecule has 0 aliphatic carbocycles. The summed E-state index contributed by atoms with van der Waals surface area (Å²) in [5.74, 6) is 0. The number of hydrogen-bond acceptors (Lipinski definition) is 5. The molecular weight excluding hydrogens is 450 g/mol. The van der Waals surface area contributed by atoms with Crippen LogP contribution in [0.1, 0.15) is 32.8 Å². The molecule has 1 aromatic heterocycles. The second kappa shape index (κ2) is 11.3. The Balaban J connectivity index is 1.78. The maximum Gasteiger partial charge on any atom is 0.411 e. The molecule has 0 atom stereocenters. The lowest BCUT2D eigenvalue weighted by molar-refractivity contribution is 0.0552. The first-order valence-corrected chi connectivity index (χ1v) is 12.6. The number of aryl methyl sites for hydroxylation is 1. The Morgan fingerprint density at radius 3 is 2.59 bits per heavy atom. The molecule has 0 bridgehead atoms. The number of nitrogens with zero attached hydrogens (tertiary/aromatic N) is 2. The molecule has 34 heavy (non-hydrogen) atoms. The van der Waals surface area contributed by atoms with Gasteiger partial charge in [-0.15, -0.1) is 0 Å². The third-order valence-electron chi connectivity index (χ3n) is 5.00. The average Bonchev–Trinajstić information content (AvgIpc) is 2.79.